The summed E-state index contributed by atoms with van der Waals surface area (Å²) in [5.74, 6) is -1.50. The summed E-state index contributed by atoms with van der Waals surface area (Å²) in [5, 5.41) is 8.55. The van der Waals surface area contributed by atoms with Crippen molar-refractivity contribution in [3.8, 4) is 11.1 Å². The van der Waals surface area contributed by atoms with E-state index >= 15 is 4.39 Å². The predicted molar refractivity (Wildman–Crippen MR) is 139 cm³/mol. The van der Waals surface area contributed by atoms with Crippen LogP contribution in [-0.2, 0) is 6.18 Å². The van der Waals surface area contributed by atoms with E-state index in [1.165, 1.54) is 18.5 Å². The van der Waals surface area contributed by atoms with E-state index in [1.807, 2.05) is 17.6 Å². The van der Waals surface area contributed by atoms with Crippen molar-refractivity contribution in [2.75, 3.05) is 35.7 Å². The summed E-state index contributed by atoms with van der Waals surface area (Å²) in [4.78, 5) is 16.4. The molecule has 0 radical (unpaired) electrons. The Bertz CT molecular complexity index is 1560. The van der Waals surface area contributed by atoms with E-state index in [1.54, 1.807) is 22.5 Å². The molecule has 2 aromatic carbocycles. The maximum Gasteiger partial charge on any atom is 0.416 e. The average Bonchev–Trinajstić information content (AvgIpc) is 3.51. The van der Waals surface area contributed by atoms with Gasteiger partial charge in [0.1, 0.15) is 23.5 Å². The van der Waals surface area contributed by atoms with Gasteiger partial charge in [0, 0.05) is 30.3 Å². The first-order chi connectivity index (χ1) is 18.5. The number of hydrogen-bond donors (Lipinski definition) is 3. The summed E-state index contributed by atoms with van der Waals surface area (Å²) in [6.45, 7) is 1.73. The fourth-order valence-corrected chi connectivity index (χ4v) is 5.21. The number of anilines is 3. The molecule has 1 unspecified atom stereocenters. The van der Waals surface area contributed by atoms with E-state index in [0.29, 0.717) is 34.8 Å². The zero-order valence-electron chi connectivity index (χ0n) is 20.4. The van der Waals surface area contributed by atoms with Crippen LogP contribution < -0.4 is 16.4 Å². The molecule has 1 atom stereocenters. The van der Waals surface area contributed by atoms with Crippen molar-refractivity contribution in [2.45, 2.75) is 18.5 Å². The van der Waals surface area contributed by atoms with Crippen molar-refractivity contribution in [3.05, 3.63) is 71.7 Å². The van der Waals surface area contributed by atoms with E-state index in [2.05, 4.69) is 19.7 Å². The van der Waals surface area contributed by atoms with Crippen LogP contribution in [0.5, 0.6) is 0 Å². The molecule has 1 fully saturated rings. The molecule has 1 aliphatic rings. The highest BCUT2D eigenvalue weighted by molar-refractivity contribution is 7.96. The lowest BCUT2D eigenvalue weighted by Crippen LogP contribution is -2.21. The second-order valence-corrected chi connectivity index (χ2v) is 9.79. The van der Waals surface area contributed by atoms with Gasteiger partial charge in [-0.05, 0) is 54.6 Å². The SMILES string of the molecule is CSN1CCC(c2cc(-c3ccc(NC(=O)Nc4cc(C(F)(F)F)ccc4F)c(F)c3)c3c(N)ncnn23)C1. The Morgan fingerprint density at radius 1 is 1.08 bits per heavy atom. The lowest BCUT2D eigenvalue weighted by atomic mass is 10.0. The van der Waals surface area contributed by atoms with Gasteiger partial charge in [-0.1, -0.05) is 18.0 Å². The van der Waals surface area contributed by atoms with Crippen LogP contribution in [0.1, 0.15) is 23.6 Å². The van der Waals surface area contributed by atoms with Crippen LogP contribution >= 0.6 is 11.9 Å². The Kier molecular flexibility index (Phi) is 7.07. The number of nitrogens with two attached hydrogens (primary N) is 1. The number of nitrogens with zero attached hydrogens (tertiary/aromatic N) is 4. The number of urea groups is 1. The maximum atomic E-state index is 15.1. The fraction of sp³-hybridized carbons (Fsp3) is 0.240. The molecule has 0 aliphatic carbocycles. The third-order valence-corrected chi connectivity index (χ3v) is 7.36. The van der Waals surface area contributed by atoms with Crippen LogP contribution in [0.2, 0.25) is 0 Å². The van der Waals surface area contributed by atoms with Crippen LogP contribution in [0.25, 0.3) is 16.6 Å². The molecule has 0 saturated carbocycles. The quantitative estimate of drug-likeness (QED) is 0.204. The first-order valence-electron chi connectivity index (χ1n) is 11.7. The number of carbonyl (C=O) groups is 1. The minimum Gasteiger partial charge on any atom is -0.382 e. The summed E-state index contributed by atoms with van der Waals surface area (Å²) in [6, 6.07) is 6.42. The van der Waals surface area contributed by atoms with E-state index in [-0.39, 0.29) is 17.4 Å². The van der Waals surface area contributed by atoms with Crippen molar-refractivity contribution < 1.29 is 26.7 Å². The van der Waals surface area contributed by atoms with Gasteiger partial charge in [-0.2, -0.15) is 18.3 Å². The lowest BCUT2D eigenvalue weighted by molar-refractivity contribution is -0.137. The van der Waals surface area contributed by atoms with Crippen LogP contribution in [-0.4, -0.2) is 44.3 Å². The highest BCUT2D eigenvalue weighted by atomic mass is 32.2. The molecule has 2 amide bonds. The molecule has 0 bridgehead atoms. The largest absolute Gasteiger partial charge is 0.416 e. The summed E-state index contributed by atoms with van der Waals surface area (Å²) in [5.41, 5.74) is 6.56. The standard InChI is InChI=1S/C25H22F5N7OS/c1-39-36-7-6-14(11-36)21-10-16(22-23(31)32-12-33-37(21)22)13-2-5-19(18(27)8-13)34-24(38)35-20-9-15(25(28,29)30)3-4-17(20)26/h2-5,8-10,12,14H,6-7,11H2,1H3,(H2,31,32,33)(H2,34,35,38). The fourth-order valence-electron chi connectivity index (χ4n) is 4.60. The monoisotopic (exact) mass is 563 g/mol. The molecule has 1 aliphatic heterocycles. The molecule has 3 heterocycles. The number of halogens is 5. The molecular formula is C25H22F5N7OS. The molecule has 14 heteroatoms. The number of carbonyl (C=O) groups excluding carboxylic acids is 1. The van der Waals surface area contributed by atoms with Gasteiger partial charge in [0.25, 0.3) is 0 Å². The smallest absolute Gasteiger partial charge is 0.382 e. The van der Waals surface area contributed by atoms with Gasteiger partial charge in [0.15, 0.2) is 5.82 Å². The Labute approximate surface area is 223 Å². The summed E-state index contributed by atoms with van der Waals surface area (Å²) in [6.07, 6.45) is -0.448. The zero-order chi connectivity index (χ0) is 27.9. The van der Waals surface area contributed by atoms with Crippen molar-refractivity contribution >= 4 is 40.7 Å². The van der Waals surface area contributed by atoms with Crippen LogP contribution in [0.3, 0.4) is 0 Å². The number of alkyl halides is 3. The lowest BCUT2D eigenvalue weighted by Gasteiger charge is -2.12. The third-order valence-electron chi connectivity index (χ3n) is 6.51. The van der Waals surface area contributed by atoms with Crippen molar-refractivity contribution in [3.63, 3.8) is 0 Å². The number of nitrogen functional groups attached to an aromatic ring is 1. The zero-order valence-corrected chi connectivity index (χ0v) is 21.2. The summed E-state index contributed by atoms with van der Waals surface area (Å²) in [7, 11) is 0. The van der Waals surface area contributed by atoms with Crippen molar-refractivity contribution in [1.82, 2.24) is 18.9 Å². The minimum atomic E-state index is -4.73. The molecule has 4 aromatic rings. The van der Waals surface area contributed by atoms with E-state index in [9.17, 15) is 22.4 Å². The summed E-state index contributed by atoms with van der Waals surface area (Å²) >= 11 is 1.66. The predicted octanol–water partition coefficient (Wildman–Crippen LogP) is 5.99. The van der Waals surface area contributed by atoms with Gasteiger partial charge in [0.2, 0.25) is 0 Å². The second kappa shape index (κ2) is 10.3. The number of hydrogen-bond acceptors (Lipinski definition) is 6. The third kappa shape index (κ3) is 5.34. The molecule has 8 nitrogen and oxygen atoms in total. The Hall–Kier alpha value is -3.91. The molecule has 4 N–H and O–H groups in total. The van der Waals surface area contributed by atoms with Crippen LogP contribution in [0, 0.1) is 11.6 Å². The van der Waals surface area contributed by atoms with Crippen molar-refractivity contribution in [1.29, 1.82) is 0 Å². The van der Waals surface area contributed by atoms with Gasteiger partial charge in [-0.25, -0.2) is 23.1 Å². The van der Waals surface area contributed by atoms with Crippen molar-refractivity contribution in [2.24, 2.45) is 0 Å². The molecule has 0 spiro atoms. The maximum absolute atomic E-state index is 15.1. The summed E-state index contributed by atoms with van der Waals surface area (Å²) < 4.78 is 71.9. The normalized spacial score (nSPS) is 16.1. The van der Waals surface area contributed by atoms with Gasteiger partial charge >= 0.3 is 12.2 Å². The van der Waals surface area contributed by atoms with Gasteiger partial charge in [0.05, 0.1) is 16.9 Å². The van der Waals surface area contributed by atoms with Gasteiger partial charge in [-0.15, -0.1) is 0 Å². The number of fused-ring (bicyclic) bond motifs is 1. The molecular weight excluding hydrogens is 541 g/mol. The topological polar surface area (TPSA) is 101 Å². The Morgan fingerprint density at radius 3 is 2.54 bits per heavy atom. The number of benzene rings is 2. The molecule has 204 valence electrons. The number of nitrogens with one attached hydrogen (secondary N) is 2. The first-order valence-corrected chi connectivity index (χ1v) is 12.9. The molecule has 2 aromatic heterocycles. The number of aromatic nitrogens is 3. The van der Waals surface area contributed by atoms with Crippen LogP contribution in [0.15, 0.2) is 48.8 Å². The number of rotatable bonds is 5. The highest BCUT2D eigenvalue weighted by Gasteiger charge is 2.31. The second-order valence-electron chi connectivity index (χ2n) is 8.91. The van der Waals surface area contributed by atoms with E-state index in [4.69, 9.17) is 5.73 Å². The molecule has 5 rings (SSSR count). The molecule has 39 heavy (non-hydrogen) atoms. The van der Waals surface area contributed by atoms with Crippen LogP contribution in [0.4, 0.5) is 43.9 Å². The van der Waals surface area contributed by atoms with E-state index < -0.39 is 35.1 Å². The van der Waals surface area contributed by atoms with E-state index in [0.717, 1.165) is 25.2 Å². The Balaban J connectivity index is 1.41. The Morgan fingerprint density at radius 2 is 1.85 bits per heavy atom. The average molecular weight is 564 g/mol. The van der Waals surface area contributed by atoms with Gasteiger partial charge in [-0.3, -0.25) is 4.31 Å². The minimum absolute atomic E-state index is 0.179. The number of amides is 2. The highest BCUT2D eigenvalue weighted by Crippen LogP contribution is 2.38. The van der Waals surface area contributed by atoms with Gasteiger partial charge < -0.3 is 16.4 Å². The first kappa shape index (κ1) is 26.7. The molecule has 1 saturated heterocycles.